The summed E-state index contributed by atoms with van der Waals surface area (Å²) in [6.07, 6.45) is 9.02. The highest BCUT2D eigenvalue weighted by molar-refractivity contribution is 5.56. The third-order valence-corrected chi connectivity index (χ3v) is 5.01. The maximum atomic E-state index is 6.52. The van der Waals surface area contributed by atoms with Crippen molar-refractivity contribution in [1.29, 1.82) is 0 Å². The van der Waals surface area contributed by atoms with Crippen LogP contribution in [0.25, 0.3) is 6.08 Å². The van der Waals surface area contributed by atoms with Gasteiger partial charge in [0.25, 0.3) is 0 Å². The zero-order valence-electron chi connectivity index (χ0n) is 16.6. The van der Waals surface area contributed by atoms with Crippen LogP contribution >= 0.6 is 0 Å². The first-order valence-corrected chi connectivity index (χ1v) is 9.36. The molecule has 136 valence electrons. The third kappa shape index (κ3) is 3.69. The standard InChI is InChI=1S/C23H32O2/c1-8-16-9-10-19(24-21(2,3)4)18(13-16)23-12-11-17(15-23)14-20(23)25-22(5,6)7/h8-13,17,20H,1,14-15H2,2-7H3. The lowest BCUT2D eigenvalue weighted by molar-refractivity contribution is -0.0781. The van der Waals surface area contributed by atoms with Gasteiger partial charge in [-0.15, -0.1) is 0 Å². The van der Waals surface area contributed by atoms with Gasteiger partial charge in [0.1, 0.15) is 11.4 Å². The van der Waals surface area contributed by atoms with Gasteiger partial charge in [-0.25, -0.2) is 0 Å². The number of fused-ring (bicyclic) bond motifs is 2. The molecule has 1 aromatic carbocycles. The number of rotatable bonds is 4. The van der Waals surface area contributed by atoms with Crippen LogP contribution in [-0.2, 0) is 10.2 Å². The van der Waals surface area contributed by atoms with Gasteiger partial charge in [-0.05, 0) is 78.0 Å². The van der Waals surface area contributed by atoms with Crippen LogP contribution in [0.5, 0.6) is 5.75 Å². The van der Waals surface area contributed by atoms with E-state index in [-0.39, 0.29) is 22.7 Å². The molecule has 25 heavy (non-hydrogen) atoms. The van der Waals surface area contributed by atoms with Gasteiger partial charge in [-0.3, -0.25) is 0 Å². The van der Waals surface area contributed by atoms with Crippen molar-refractivity contribution in [2.24, 2.45) is 5.92 Å². The Morgan fingerprint density at radius 2 is 1.84 bits per heavy atom. The molecule has 3 rings (SSSR count). The second kappa shape index (κ2) is 6.02. The molecule has 0 aliphatic heterocycles. The lowest BCUT2D eigenvalue weighted by atomic mass is 9.76. The highest BCUT2D eigenvalue weighted by Gasteiger charge is 2.53. The highest BCUT2D eigenvalue weighted by Crippen LogP contribution is 2.55. The molecule has 1 saturated carbocycles. The van der Waals surface area contributed by atoms with Crippen molar-refractivity contribution in [3.63, 3.8) is 0 Å². The summed E-state index contributed by atoms with van der Waals surface area (Å²) in [5, 5.41) is 0. The fraction of sp³-hybridized carbons (Fsp3) is 0.565. The summed E-state index contributed by atoms with van der Waals surface area (Å²) in [6, 6.07) is 6.42. The minimum absolute atomic E-state index is 0.0997. The summed E-state index contributed by atoms with van der Waals surface area (Å²) in [7, 11) is 0. The SMILES string of the molecule is C=Cc1ccc(OC(C)(C)C)c(C23C=CC(CC2OC(C)(C)C)C3)c1. The van der Waals surface area contributed by atoms with E-state index in [9.17, 15) is 0 Å². The van der Waals surface area contributed by atoms with Gasteiger partial charge in [0.05, 0.1) is 11.7 Å². The maximum absolute atomic E-state index is 6.52. The molecule has 3 unspecified atom stereocenters. The van der Waals surface area contributed by atoms with Gasteiger partial charge < -0.3 is 9.47 Å². The van der Waals surface area contributed by atoms with E-state index in [1.165, 1.54) is 5.56 Å². The summed E-state index contributed by atoms with van der Waals surface area (Å²) in [5.41, 5.74) is 1.88. The van der Waals surface area contributed by atoms with Crippen molar-refractivity contribution in [3.05, 3.63) is 48.1 Å². The lowest BCUT2D eigenvalue weighted by Crippen LogP contribution is -2.40. The van der Waals surface area contributed by atoms with E-state index in [4.69, 9.17) is 9.47 Å². The first kappa shape index (κ1) is 18.3. The molecular weight excluding hydrogens is 308 g/mol. The molecule has 2 nitrogen and oxygen atoms in total. The number of hydrogen-bond donors (Lipinski definition) is 0. The summed E-state index contributed by atoms with van der Waals surface area (Å²) in [6.45, 7) is 16.7. The molecule has 1 fully saturated rings. The van der Waals surface area contributed by atoms with Crippen LogP contribution < -0.4 is 4.74 Å². The average molecular weight is 341 g/mol. The van der Waals surface area contributed by atoms with Crippen LogP contribution in [0.4, 0.5) is 0 Å². The molecule has 0 spiro atoms. The normalized spacial score (nSPS) is 28.4. The van der Waals surface area contributed by atoms with Crippen LogP contribution in [0, 0.1) is 5.92 Å². The third-order valence-electron chi connectivity index (χ3n) is 5.01. The number of allylic oxidation sites excluding steroid dienone is 1. The zero-order valence-corrected chi connectivity index (χ0v) is 16.6. The van der Waals surface area contributed by atoms with Crippen LogP contribution in [0.1, 0.15) is 65.5 Å². The molecule has 0 heterocycles. The summed E-state index contributed by atoms with van der Waals surface area (Å²) in [4.78, 5) is 0. The van der Waals surface area contributed by atoms with Gasteiger partial charge in [0.15, 0.2) is 0 Å². The van der Waals surface area contributed by atoms with Crippen LogP contribution in [0.2, 0.25) is 0 Å². The van der Waals surface area contributed by atoms with Crippen molar-refractivity contribution < 1.29 is 9.47 Å². The average Bonchev–Trinajstić information content (AvgIpc) is 3.03. The summed E-state index contributed by atoms with van der Waals surface area (Å²) < 4.78 is 12.9. The topological polar surface area (TPSA) is 18.5 Å². The molecule has 1 aromatic rings. The van der Waals surface area contributed by atoms with Crippen LogP contribution in [0.3, 0.4) is 0 Å². The molecule has 0 amide bonds. The molecule has 0 radical (unpaired) electrons. The van der Waals surface area contributed by atoms with Crippen molar-refractivity contribution in [1.82, 2.24) is 0 Å². The van der Waals surface area contributed by atoms with Gasteiger partial charge in [-0.2, -0.15) is 0 Å². The predicted octanol–water partition coefficient (Wildman–Crippen LogP) is 5.91. The Morgan fingerprint density at radius 1 is 1.12 bits per heavy atom. The Balaban J connectivity index is 2.09. The van der Waals surface area contributed by atoms with Crippen LogP contribution in [-0.4, -0.2) is 17.3 Å². The summed E-state index contributed by atoms with van der Waals surface area (Å²) >= 11 is 0. The van der Waals surface area contributed by atoms with Crippen molar-refractivity contribution >= 4 is 6.08 Å². The van der Waals surface area contributed by atoms with Crippen molar-refractivity contribution in [2.45, 2.75) is 77.1 Å². The molecule has 2 bridgehead atoms. The molecule has 2 heteroatoms. The van der Waals surface area contributed by atoms with Crippen molar-refractivity contribution in [2.75, 3.05) is 0 Å². The fourth-order valence-electron chi connectivity index (χ4n) is 4.17. The first-order valence-electron chi connectivity index (χ1n) is 9.36. The van der Waals surface area contributed by atoms with Crippen LogP contribution in [0.15, 0.2) is 36.9 Å². The molecule has 2 aliphatic rings. The quantitative estimate of drug-likeness (QED) is 0.635. The molecular formula is C23H32O2. The van der Waals surface area contributed by atoms with Gasteiger partial charge in [0, 0.05) is 11.0 Å². The van der Waals surface area contributed by atoms with Gasteiger partial charge in [-0.1, -0.05) is 30.9 Å². The molecule has 0 N–H and O–H groups in total. The first-order chi connectivity index (χ1) is 11.5. The number of hydrogen-bond acceptors (Lipinski definition) is 2. The molecule has 0 aromatic heterocycles. The zero-order chi connectivity index (χ0) is 18.5. The predicted molar refractivity (Wildman–Crippen MR) is 105 cm³/mol. The Morgan fingerprint density at radius 3 is 2.40 bits per heavy atom. The van der Waals surface area contributed by atoms with E-state index in [0.717, 1.165) is 24.2 Å². The van der Waals surface area contributed by atoms with Gasteiger partial charge in [0.2, 0.25) is 0 Å². The second-order valence-corrected chi connectivity index (χ2v) is 9.49. The van der Waals surface area contributed by atoms with E-state index in [2.05, 4.69) is 78.5 Å². The Labute approximate surface area is 152 Å². The minimum Gasteiger partial charge on any atom is -0.488 e. The fourth-order valence-corrected chi connectivity index (χ4v) is 4.17. The van der Waals surface area contributed by atoms with E-state index < -0.39 is 0 Å². The highest BCUT2D eigenvalue weighted by atomic mass is 16.5. The summed E-state index contributed by atoms with van der Waals surface area (Å²) in [5.74, 6) is 1.56. The molecule has 0 saturated heterocycles. The minimum atomic E-state index is -0.234. The van der Waals surface area contributed by atoms with E-state index in [0.29, 0.717) is 5.92 Å². The second-order valence-electron chi connectivity index (χ2n) is 9.49. The Hall–Kier alpha value is -1.54. The number of ether oxygens (including phenoxy) is 2. The lowest BCUT2D eigenvalue weighted by Gasteiger charge is -2.39. The number of benzene rings is 1. The van der Waals surface area contributed by atoms with E-state index in [1.807, 2.05) is 6.08 Å². The molecule has 3 atom stereocenters. The van der Waals surface area contributed by atoms with Crippen molar-refractivity contribution in [3.8, 4) is 5.75 Å². The largest absolute Gasteiger partial charge is 0.488 e. The monoisotopic (exact) mass is 340 g/mol. The Kier molecular flexibility index (Phi) is 4.39. The maximum Gasteiger partial charge on any atom is 0.124 e. The smallest absolute Gasteiger partial charge is 0.124 e. The van der Waals surface area contributed by atoms with E-state index in [1.54, 1.807) is 0 Å². The van der Waals surface area contributed by atoms with Gasteiger partial charge >= 0.3 is 0 Å². The Bertz CT molecular complexity index is 687. The van der Waals surface area contributed by atoms with E-state index >= 15 is 0 Å². The molecule has 2 aliphatic carbocycles.